The van der Waals surface area contributed by atoms with Crippen LogP contribution < -0.4 is 5.73 Å². The quantitative estimate of drug-likeness (QED) is 0.758. The van der Waals surface area contributed by atoms with Gasteiger partial charge in [-0.3, -0.25) is 4.79 Å². The zero-order chi connectivity index (χ0) is 11.5. The number of nitrogens with zero attached hydrogens (tertiary/aromatic N) is 1. The Kier molecular flexibility index (Phi) is 3.52. The van der Waals surface area contributed by atoms with Gasteiger partial charge in [-0.15, -0.1) is 0 Å². The molecule has 0 radical (unpaired) electrons. The Morgan fingerprint density at radius 1 is 1.60 bits per heavy atom. The minimum Gasteiger partial charge on any atom is -0.469 e. The smallest absolute Gasteiger partial charge is 0.313 e. The summed E-state index contributed by atoms with van der Waals surface area (Å²) in [5.41, 5.74) is 6.08. The predicted octanol–water partition coefficient (Wildman–Crippen LogP) is 1.15. The van der Waals surface area contributed by atoms with Crippen molar-refractivity contribution in [3.63, 3.8) is 0 Å². The predicted molar refractivity (Wildman–Crippen MR) is 58.1 cm³/mol. The van der Waals surface area contributed by atoms with Crippen LogP contribution in [0.2, 0.25) is 0 Å². The molecule has 1 aromatic heterocycles. The first-order chi connectivity index (χ1) is 7.01. The number of rotatable bonds is 4. The molecule has 84 valence electrons. The SMILES string of the molecule is COC(=O)C(C)(C)Cn1cccc1CN. The van der Waals surface area contributed by atoms with E-state index >= 15 is 0 Å². The van der Waals surface area contributed by atoms with Gasteiger partial charge >= 0.3 is 5.97 Å². The molecule has 1 aromatic rings. The van der Waals surface area contributed by atoms with Gasteiger partial charge in [0, 0.05) is 25.0 Å². The van der Waals surface area contributed by atoms with Gasteiger partial charge in [0.1, 0.15) is 0 Å². The number of ether oxygens (including phenoxy) is 1. The maximum absolute atomic E-state index is 11.5. The standard InChI is InChI=1S/C11H18N2O2/c1-11(2,10(14)15-3)8-13-6-4-5-9(13)7-12/h4-6H,7-8,12H2,1-3H3. The molecule has 0 spiro atoms. The van der Waals surface area contributed by atoms with Crippen molar-refractivity contribution in [1.82, 2.24) is 4.57 Å². The molecule has 0 aliphatic carbocycles. The van der Waals surface area contributed by atoms with Crippen LogP contribution in [0.4, 0.5) is 0 Å². The molecule has 4 heteroatoms. The van der Waals surface area contributed by atoms with Crippen LogP contribution in [0.25, 0.3) is 0 Å². The normalized spacial score (nSPS) is 11.5. The molecule has 0 saturated heterocycles. The number of carbonyl (C=O) groups excluding carboxylic acids is 1. The largest absolute Gasteiger partial charge is 0.469 e. The van der Waals surface area contributed by atoms with Gasteiger partial charge in [-0.2, -0.15) is 0 Å². The Hall–Kier alpha value is -1.29. The highest BCUT2D eigenvalue weighted by molar-refractivity contribution is 5.75. The molecule has 1 heterocycles. The monoisotopic (exact) mass is 210 g/mol. The maximum atomic E-state index is 11.5. The van der Waals surface area contributed by atoms with E-state index in [4.69, 9.17) is 10.5 Å². The zero-order valence-electron chi connectivity index (χ0n) is 9.49. The van der Waals surface area contributed by atoms with Gasteiger partial charge in [0.15, 0.2) is 0 Å². The van der Waals surface area contributed by atoms with Crippen molar-refractivity contribution in [2.45, 2.75) is 26.9 Å². The van der Waals surface area contributed by atoms with E-state index in [1.54, 1.807) is 0 Å². The molecule has 1 rings (SSSR count). The first-order valence-electron chi connectivity index (χ1n) is 4.94. The zero-order valence-corrected chi connectivity index (χ0v) is 9.49. The van der Waals surface area contributed by atoms with E-state index in [1.165, 1.54) is 7.11 Å². The van der Waals surface area contributed by atoms with Gasteiger partial charge in [-0.25, -0.2) is 0 Å². The minimum absolute atomic E-state index is 0.209. The molecular weight excluding hydrogens is 192 g/mol. The lowest BCUT2D eigenvalue weighted by Gasteiger charge is -2.23. The Bertz CT molecular complexity index is 342. The van der Waals surface area contributed by atoms with Gasteiger partial charge in [-0.1, -0.05) is 0 Å². The summed E-state index contributed by atoms with van der Waals surface area (Å²) in [6.07, 6.45) is 1.92. The van der Waals surface area contributed by atoms with Crippen LogP contribution in [-0.4, -0.2) is 17.6 Å². The molecule has 0 aliphatic rings. The van der Waals surface area contributed by atoms with Crippen molar-refractivity contribution >= 4 is 5.97 Å². The lowest BCUT2D eigenvalue weighted by molar-refractivity contribution is -0.151. The molecule has 4 nitrogen and oxygen atoms in total. The molecule has 2 N–H and O–H groups in total. The number of nitrogens with two attached hydrogens (primary N) is 1. The van der Waals surface area contributed by atoms with Gasteiger partial charge < -0.3 is 15.0 Å². The molecule has 0 aromatic carbocycles. The van der Waals surface area contributed by atoms with Gasteiger partial charge in [0.2, 0.25) is 0 Å². The van der Waals surface area contributed by atoms with Crippen molar-refractivity contribution in [2.75, 3.05) is 7.11 Å². The Balaban J connectivity index is 2.81. The number of aromatic nitrogens is 1. The second-order valence-electron chi connectivity index (χ2n) is 4.21. The Morgan fingerprint density at radius 3 is 2.80 bits per heavy atom. The van der Waals surface area contributed by atoms with E-state index in [1.807, 2.05) is 36.7 Å². The van der Waals surface area contributed by atoms with E-state index in [0.29, 0.717) is 13.1 Å². The molecule has 0 fully saturated rings. The summed E-state index contributed by atoms with van der Waals surface area (Å²) in [6, 6.07) is 3.88. The van der Waals surface area contributed by atoms with E-state index in [-0.39, 0.29) is 5.97 Å². The summed E-state index contributed by atoms with van der Waals surface area (Å²) in [4.78, 5) is 11.5. The highest BCUT2D eigenvalue weighted by atomic mass is 16.5. The number of hydrogen-bond acceptors (Lipinski definition) is 3. The van der Waals surface area contributed by atoms with Crippen molar-refractivity contribution < 1.29 is 9.53 Å². The van der Waals surface area contributed by atoms with E-state index < -0.39 is 5.41 Å². The summed E-state index contributed by atoms with van der Waals surface area (Å²) in [5, 5.41) is 0. The van der Waals surface area contributed by atoms with E-state index in [2.05, 4.69) is 0 Å². The third-order valence-corrected chi connectivity index (χ3v) is 2.44. The second kappa shape index (κ2) is 4.49. The number of methoxy groups -OCH3 is 1. The summed E-state index contributed by atoms with van der Waals surface area (Å²) in [6.45, 7) is 4.78. The Labute approximate surface area is 90.0 Å². The summed E-state index contributed by atoms with van der Waals surface area (Å²) in [7, 11) is 1.41. The molecule has 0 saturated carbocycles. The fraction of sp³-hybridized carbons (Fsp3) is 0.545. The topological polar surface area (TPSA) is 57.2 Å². The summed E-state index contributed by atoms with van der Waals surface area (Å²) in [5.74, 6) is -0.209. The molecular formula is C11H18N2O2. The molecule has 0 aliphatic heterocycles. The van der Waals surface area contributed by atoms with Crippen LogP contribution in [0.5, 0.6) is 0 Å². The highest BCUT2D eigenvalue weighted by Gasteiger charge is 2.29. The third kappa shape index (κ3) is 2.59. The average molecular weight is 210 g/mol. The number of esters is 1. The van der Waals surface area contributed by atoms with Crippen LogP contribution in [0.15, 0.2) is 18.3 Å². The minimum atomic E-state index is -0.530. The molecule has 0 bridgehead atoms. The lowest BCUT2D eigenvalue weighted by atomic mass is 9.93. The van der Waals surface area contributed by atoms with Crippen molar-refractivity contribution in [3.05, 3.63) is 24.0 Å². The van der Waals surface area contributed by atoms with Crippen LogP contribution in [0.1, 0.15) is 19.5 Å². The number of carbonyl (C=O) groups is 1. The van der Waals surface area contributed by atoms with Crippen LogP contribution in [0, 0.1) is 5.41 Å². The second-order valence-corrected chi connectivity index (χ2v) is 4.21. The van der Waals surface area contributed by atoms with Gasteiger partial charge in [0.05, 0.1) is 12.5 Å². The number of hydrogen-bond donors (Lipinski definition) is 1. The van der Waals surface area contributed by atoms with E-state index in [9.17, 15) is 4.79 Å². The van der Waals surface area contributed by atoms with Gasteiger partial charge in [-0.05, 0) is 26.0 Å². The molecule has 0 amide bonds. The van der Waals surface area contributed by atoms with Crippen molar-refractivity contribution in [1.29, 1.82) is 0 Å². The Morgan fingerprint density at radius 2 is 2.27 bits per heavy atom. The van der Waals surface area contributed by atoms with Crippen LogP contribution >= 0.6 is 0 Å². The first-order valence-corrected chi connectivity index (χ1v) is 4.94. The summed E-state index contributed by atoms with van der Waals surface area (Å²) >= 11 is 0. The van der Waals surface area contributed by atoms with Crippen LogP contribution in [-0.2, 0) is 22.6 Å². The van der Waals surface area contributed by atoms with Crippen LogP contribution in [0.3, 0.4) is 0 Å². The molecule has 0 unspecified atom stereocenters. The highest BCUT2D eigenvalue weighted by Crippen LogP contribution is 2.21. The van der Waals surface area contributed by atoms with Crippen molar-refractivity contribution in [2.24, 2.45) is 11.1 Å². The molecule has 0 atom stereocenters. The van der Waals surface area contributed by atoms with Crippen molar-refractivity contribution in [3.8, 4) is 0 Å². The third-order valence-electron chi connectivity index (χ3n) is 2.44. The fourth-order valence-corrected chi connectivity index (χ4v) is 1.56. The maximum Gasteiger partial charge on any atom is 0.313 e. The lowest BCUT2D eigenvalue weighted by Crippen LogP contribution is -2.31. The van der Waals surface area contributed by atoms with Gasteiger partial charge in [0.25, 0.3) is 0 Å². The molecule has 15 heavy (non-hydrogen) atoms. The average Bonchev–Trinajstić information content (AvgIpc) is 2.63. The fourth-order valence-electron chi connectivity index (χ4n) is 1.56. The summed E-state index contributed by atoms with van der Waals surface area (Å²) < 4.78 is 6.74. The first kappa shape index (κ1) is 11.8. The van der Waals surface area contributed by atoms with E-state index in [0.717, 1.165) is 5.69 Å².